The second kappa shape index (κ2) is 6.98. The van der Waals surface area contributed by atoms with Crippen molar-refractivity contribution in [3.8, 4) is 22.8 Å². The van der Waals surface area contributed by atoms with Crippen LogP contribution >= 0.6 is 39.0 Å². The quantitative estimate of drug-likeness (QED) is 0.376. The summed E-state index contributed by atoms with van der Waals surface area (Å²) in [5.74, 6) is 8.27. The molecule has 10 heteroatoms. The van der Waals surface area contributed by atoms with Gasteiger partial charge in [0.15, 0.2) is 5.82 Å². The largest absolute Gasteiger partial charge is 0.338 e. The minimum atomic E-state index is 0.461. The lowest BCUT2D eigenvalue weighted by Crippen LogP contribution is -2.11. The molecule has 126 valence electrons. The van der Waals surface area contributed by atoms with Crippen LogP contribution in [-0.2, 0) is 5.75 Å². The highest BCUT2D eigenvalue weighted by Gasteiger charge is 2.16. The second-order valence-corrected chi connectivity index (χ2v) is 7.55. The van der Waals surface area contributed by atoms with Crippen LogP contribution in [0.2, 0.25) is 0 Å². The Bertz CT molecular complexity index is 997. The molecule has 0 saturated heterocycles. The summed E-state index contributed by atoms with van der Waals surface area (Å²) in [6.07, 6.45) is 0. The summed E-state index contributed by atoms with van der Waals surface area (Å²) in [7, 11) is 0. The van der Waals surface area contributed by atoms with Crippen molar-refractivity contribution < 1.29 is 4.52 Å². The Balaban J connectivity index is 1.50. The summed E-state index contributed by atoms with van der Waals surface area (Å²) >= 11 is 6.47. The Hall–Kier alpha value is -2.17. The van der Waals surface area contributed by atoms with Gasteiger partial charge in [-0.15, -0.1) is 10.2 Å². The molecule has 4 rings (SSSR count). The van der Waals surface area contributed by atoms with Gasteiger partial charge < -0.3 is 10.4 Å². The van der Waals surface area contributed by atoms with Crippen molar-refractivity contribution in [1.82, 2.24) is 25.0 Å². The van der Waals surface area contributed by atoms with E-state index in [1.165, 1.54) is 16.4 Å². The van der Waals surface area contributed by atoms with E-state index < -0.39 is 0 Å². The minimum absolute atomic E-state index is 0.461. The molecule has 0 radical (unpaired) electrons. The van der Waals surface area contributed by atoms with Crippen LogP contribution in [0.4, 0.5) is 0 Å². The third-order valence-corrected chi connectivity index (χ3v) is 5.65. The molecule has 0 amide bonds. The molecule has 1 aromatic carbocycles. The molecule has 0 spiro atoms. The van der Waals surface area contributed by atoms with E-state index in [0.29, 0.717) is 28.4 Å². The fraction of sp³-hybridized carbons (Fsp3) is 0.0667. The Morgan fingerprint density at radius 3 is 2.92 bits per heavy atom. The maximum absolute atomic E-state index is 6.14. The van der Waals surface area contributed by atoms with Crippen LogP contribution in [-0.4, -0.2) is 25.0 Å². The van der Waals surface area contributed by atoms with Gasteiger partial charge in [-0.25, -0.2) is 4.68 Å². The normalized spacial score (nSPS) is 11.1. The van der Waals surface area contributed by atoms with Crippen LogP contribution in [0.5, 0.6) is 0 Å². The lowest BCUT2D eigenvalue weighted by atomic mass is 10.2. The predicted octanol–water partition coefficient (Wildman–Crippen LogP) is 3.83. The average molecular weight is 435 g/mol. The van der Waals surface area contributed by atoms with Crippen molar-refractivity contribution in [2.75, 3.05) is 5.84 Å². The van der Waals surface area contributed by atoms with Crippen molar-refractivity contribution >= 4 is 39.0 Å². The van der Waals surface area contributed by atoms with E-state index >= 15 is 0 Å². The Morgan fingerprint density at radius 2 is 2.12 bits per heavy atom. The fourth-order valence-electron chi connectivity index (χ4n) is 2.15. The van der Waals surface area contributed by atoms with E-state index in [9.17, 15) is 0 Å². The number of aromatic nitrogens is 5. The number of thioether (sulfide) groups is 1. The SMILES string of the molecule is Nn1c(SCc2nc(-c3ccsc3)no2)nnc1-c1ccccc1Br. The Labute approximate surface area is 159 Å². The summed E-state index contributed by atoms with van der Waals surface area (Å²) < 4.78 is 7.64. The van der Waals surface area contributed by atoms with Gasteiger partial charge in [0.25, 0.3) is 0 Å². The first-order valence-electron chi connectivity index (χ1n) is 7.15. The Morgan fingerprint density at radius 1 is 1.24 bits per heavy atom. The van der Waals surface area contributed by atoms with Crippen LogP contribution in [0, 0.1) is 0 Å². The topological polar surface area (TPSA) is 95.7 Å². The summed E-state index contributed by atoms with van der Waals surface area (Å²) in [5, 5.41) is 16.8. The number of hydrogen-bond acceptors (Lipinski definition) is 8. The lowest BCUT2D eigenvalue weighted by Gasteiger charge is -2.04. The molecule has 0 saturated carbocycles. The van der Waals surface area contributed by atoms with Gasteiger partial charge >= 0.3 is 0 Å². The number of nitrogens with two attached hydrogens (primary N) is 1. The number of nitrogen functional groups attached to an aromatic ring is 1. The number of thiophene rings is 1. The molecule has 7 nitrogen and oxygen atoms in total. The molecule has 4 aromatic rings. The summed E-state index contributed by atoms with van der Waals surface area (Å²) in [6.45, 7) is 0. The molecular weight excluding hydrogens is 424 g/mol. The number of rotatable bonds is 5. The van der Waals surface area contributed by atoms with Crippen molar-refractivity contribution in [3.05, 3.63) is 51.5 Å². The molecule has 25 heavy (non-hydrogen) atoms. The molecule has 2 N–H and O–H groups in total. The van der Waals surface area contributed by atoms with E-state index in [-0.39, 0.29) is 0 Å². The smallest absolute Gasteiger partial charge is 0.237 e. The van der Waals surface area contributed by atoms with E-state index in [2.05, 4.69) is 36.3 Å². The fourth-order valence-corrected chi connectivity index (χ4v) is 3.94. The van der Waals surface area contributed by atoms with Gasteiger partial charge in [0.1, 0.15) is 0 Å². The standard InChI is InChI=1S/C15H11BrN6OS2/c16-11-4-2-1-3-10(11)14-19-20-15(22(14)17)25-8-12-18-13(21-23-12)9-5-6-24-7-9/h1-7H,8,17H2. The molecule has 0 atom stereocenters. The predicted molar refractivity (Wildman–Crippen MR) is 100 cm³/mol. The minimum Gasteiger partial charge on any atom is -0.338 e. The Kier molecular flexibility index (Phi) is 4.55. The van der Waals surface area contributed by atoms with Crippen molar-refractivity contribution in [1.29, 1.82) is 0 Å². The average Bonchev–Trinajstić information content (AvgIpc) is 3.35. The molecule has 0 bridgehead atoms. The number of nitrogens with zero attached hydrogens (tertiary/aromatic N) is 5. The lowest BCUT2D eigenvalue weighted by molar-refractivity contribution is 0.391. The molecule has 0 fully saturated rings. The third kappa shape index (κ3) is 3.32. The number of benzene rings is 1. The summed E-state index contributed by atoms with van der Waals surface area (Å²) in [6, 6.07) is 9.67. The highest BCUT2D eigenvalue weighted by Crippen LogP contribution is 2.29. The molecule has 0 aliphatic rings. The van der Waals surface area contributed by atoms with Crippen molar-refractivity contribution in [2.45, 2.75) is 10.9 Å². The van der Waals surface area contributed by atoms with Gasteiger partial charge in [0.2, 0.25) is 16.9 Å². The van der Waals surface area contributed by atoms with Gasteiger partial charge in [0, 0.05) is 21.0 Å². The first-order valence-corrected chi connectivity index (χ1v) is 9.88. The molecular formula is C15H11BrN6OS2. The van der Waals surface area contributed by atoms with Gasteiger partial charge in [-0.2, -0.15) is 16.3 Å². The van der Waals surface area contributed by atoms with Crippen molar-refractivity contribution in [3.63, 3.8) is 0 Å². The van der Waals surface area contributed by atoms with Crippen LogP contribution in [0.15, 0.2) is 55.2 Å². The van der Waals surface area contributed by atoms with E-state index in [1.54, 1.807) is 11.3 Å². The van der Waals surface area contributed by atoms with Crippen LogP contribution in [0.25, 0.3) is 22.8 Å². The van der Waals surface area contributed by atoms with E-state index in [0.717, 1.165) is 15.6 Å². The van der Waals surface area contributed by atoms with Crippen LogP contribution < -0.4 is 5.84 Å². The van der Waals surface area contributed by atoms with Crippen LogP contribution in [0.3, 0.4) is 0 Å². The summed E-state index contributed by atoms with van der Waals surface area (Å²) in [5.41, 5.74) is 1.82. The molecule has 3 heterocycles. The zero-order valence-electron chi connectivity index (χ0n) is 12.7. The highest BCUT2D eigenvalue weighted by atomic mass is 79.9. The molecule has 3 aromatic heterocycles. The molecule has 0 unspecified atom stereocenters. The van der Waals surface area contributed by atoms with E-state index in [4.69, 9.17) is 10.4 Å². The summed E-state index contributed by atoms with van der Waals surface area (Å²) in [4.78, 5) is 4.38. The zero-order valence-corrected chi connectivity index (χ0v) is 15.9. The zero-order chi connectivity index (χ0) is 17.2. The first-order chi connectivity index (χ1) is 12.2. The molecule has 0 aliphatic heterocycles. The van der Waals surface area contributed by atoms with E-state index in [1.807, 2.05) is 41.1 Å². The first kappa shape index (κ1) is 16.3. The van der Waals surface area contributed by atoms with Gasteiger partial charge in [-0.3, -0.25) is 0 Å². The number of hydrogen-bond donors (Lipinski definition) is 1. The van der Waals surface area contributed by atoms with Crippen LogP contribution in [0.1, 0.15) is 5.89 Å². The third-order valence-electron chi connectivity index (χ3n) is 3.35. The van der Waals surface area contributed by atoms with Gasteiger partial charge in [-0.05, 0) is 23.6 Å². The van der Waals surface area contributed by atoms with Gasteiger partial charge in [-0.1, -0.05) is 45.0 Å². The monoisotopic (exact) mass is 434 g/mol. The maximum Gasteiger partial charge on any atom is 0.237 e. The maximum atomic E-state index is 6.14. The number of halogens is 1. The second-order valence-electron chi connectivity index (χ2n) is 4.97. The molecule has 0 aliphatic carbocycles. The highest BCUT2D eigenvalue weighted by molar-refractivity contribution is 9.10. The van der Waals surface area contributed by atoms with Gasteiger partial charge in [0.05, 0.1) is 5.75 Å². The van der Waals surface area contributed by atoms with Crippen molar-refractivity contribution in [2.24, 2.45) is 0 Å².